The van der Waals surface area contributed by atoms with Crippen LogP contribution in [0.5, 0.6) is 5.75 Å². The van der Waals surface area contributed by atoms with Gasteiger partial charge in [-0.15, -0.1) is 11.3 Å². The van der Waals surface area contributed by atoms with Crippen molar-refractivity contribution in [3.05, 3.63) is 52.5 Å². The minimum absolute atomic E-state index is 0.900. The highest BCUT2D eigenvalue weighted by atomic mass is 79.9. The largest absolute Gasteiger partial charge is 0.497 e. The number of aryl methyl sites for hydroxylation is 1. The minimum atomic E-state index is 0.900. The van der Waals surface area contributed by atoms with Crippen molar-refractivity contribution < 1.29 is 4.74 Å². The van der Waals surface area contributed by atoms with Gasteiger partial charge >= 0.3 is 0 Å². The quantitative estimate of drug-likeness (QED) is 0.589. The zero-order valence-corrected chi connectivity index (χ0v) is 13.1. The summed E-state index contributed by atoms with van der Waals surface area (Å²) in [6, 6.07) is 14.8. The van der Waals surface area contributed by atoms with Gasteiger partial charge in [-0.1, -0.05) is 29.8 Å². The lowest BCUT2D eigenvalue weighted by molar-refractivity contribution is 0.415. The fourth-order valence-corrected chi connectivity index (χ4v) is 4.14. The second-order valence-electron chi connectivity index (χ2n) is 4.47. The van der Waals surface area contributed by atoms with Gasteiger partial charge in [-0.05, 0) is 46.6 Å². The van der Waals surface area contributed by atoms with E-state index in [1.807, 2.05) is 6.07 Å². The third-order valence-electron chi connectivity index (χ3n) is 3.15. The molecule has 0 bridgehead atoms. The molecule has 0 radical (unpaired) electrons. The number of halogens is 1. The van der Waals surface area contributed by atoms with Gasteiger partial charge in [-0.3, -0.25) is 0 Å². The van der Waals surface area contributed by atoms with Crippen molar-refractivity contribution in [3.63, 3.8) is 0 Å². The van der Waals surface area contributed by atoms with E-state index in [9.17, 15) is 0 Å². The molecule has 0 saturated carbocycles. The summed E-state index contributed by atoms with van der Waals surface area (Å²) in [4.78, 5) is 1.27. The SMILES string of the molecule is COc1ccc2c(Br)c(-c3ccc(C)cc3)sc2c1. The second-order valence-corrected chi connectivity index (χ2v) is 6.32. The van der Waals surface area contributed by atoms with Crippen molar-refractivity contribution in [3.8, 4) is 16.2 Å². The lowest BCUT2D eigenvalue weighted by Crippen LogP contribution is -1.80. The molecule has 0 amide bonds. The number of thiophene rings is 1. The first-order valence-electron chi connectivity index (χ1n) is 6.02. The molecule has 0 aliphatic carbocycles. The Hall–Kier alpha value is -1.32. The Balaban J connectivity index is 2.19. The summed E-state index contributed by atoms with van der Waals surface area (Å²) in [5.74, 6) is 0.900. The predicted octanol–water partition coefficient (Wildman–Crippen LogP) is 5.65. The topological polar surface area (TPSA) is 9.23 Å². The molecule has 96 valence electrons. The van der Waals surface area contributed by atoms with Gasteiger partial charge < -0.3 is 4.74 Å². The van der Waals surface area contributed by atoms with Crippen molar-refractivity contribution in [1.82, 2.24) is 0 Å². The van der Waals surface area contributed by atoms with Crippen molar-refractivity contribution in [2.45, 2.75) is 6.92 Å². The zero-order chi connectivity index (χ0) is 13.4. The molecule has 1 heterocycles. The standard InChI is InChI=1S/C16H13BrOS/c1-10-3-5-11(6-4-10)16-15(17)13-8-7-12(18-2)9-14(13)19-16/h3-9H,1-2H3. The van der Waals surface area contributed by atoms with Crippen LogP contribution >= 0.6 is 27.3 Å². The third-order valence-corrected chi connectivity index (χ3v) is 5.44. The number of hydrogen-bond donors (Lipinski definition) is 0. The molecule has 19 heavy (non-hydrogen) atoms. The molecule has 0 spiro atoms. The fraction of sp³-hybridized carbons (Fsp3) is 0.125. The number of hydrogen-bond acceptors (Lipinski definition) is 2. The third kappa shape index (κ3) is 2.28. The van der Waals surface area contributed by atoms with Crippen LogP contribution in [0.15, 0.2) is 46.9 Å². The molecule has 3 rings (SSSR count). The van der Waals surface area contributed by atoms with Crippen LogP contribution in [0.2, 0.25) is 0 Å². The predicted molar refractivity (Wildman–Crippen MR) is 86.3 cm³/mol. The van der Waals surface area contributed by atoms with Gasteiger partial charge in [-0.25, -0.2) is 0 Å². The fourth-order valence-electron chi connectivity index (χ4n) is 2.06. The van der Waals surface area contributed by atoms with Gasteiger partial charge in [0.2, 0.25) is 0 Å². The summed E-state index contributed by atoms with van der Waals surface area (Å²) in [6.07, 6.45) is 0. The molecule has 3 aromatic rings. The van der Waals surface area contributed by atoms with E-state index in [-0.39, 0.29) is 0 Å². The average molecular weight is 333 g/mol. The molecule has 0 N–H and O–H groups in total. The zero-order valence-electron chi connectivity index (χ0n) is 10.7. The average Bonchev–Trinajstić information content (AvgIpc) is 2.76. The molecular formula is C16H13BrOS. The van der Waals surface area contributed by atoms with Crippen LogP contribution in [-0.2, 0) is 0 Å². The first-order chi connectivity index (χ1) is 9.19. The monoisotopic (exact) mass is 332 g/mol. The summed E-state index contributed by atoms with van der Waals surface area (Å²) in [5, 5.41) is 1.24. The maximum absolute atomic E-state index is 5.28. The molecule has 2 aromatic carbocycles. The molecule has 1 aromatic heterocycles. The first-order valence-corrected chi connectivity index (χ1v) is 7.63. The van der Waals surface area contributed by atoms with E-state index in [1.54, 1.807) is 18.4 Å². The van der Waals surface area contributed by atoms with Crippen LogP contribution in [0.3, 0.4) is 0 Å². The Bertz CT molecular complexity index is 728. The smallest absolute Gasteiger partial charge is 0.120 e. The highest BCUT2D eigenvalue weighted by molar-refractivity contribution is 9.10. The van der Waals surface area contributed by atoms with Crippen molar-refractivity contribution in [2.75, 3.05) is 7.11 Å². The Morgan fingerprint density at radius 1 is 1.05 bits per heavy atom. The van der Waals surface area contributed by atoms with Crippen LogP contribution in [0.25, 0.3) is 20.5 Å². The van der Waals surface area contributed by atoms with Gasteiger partial charge in [0.25, 0.3) is 0 Å². The normalized spacial score (nSPS) is 10.9. The number of rotatable bonds is 2. The maximum Gasteiger partial charge on any atom is 0.120 e. The van der Waals surface area contributed by atoms with Gasteiger partial charge in [-0.2, -0.15) is 0 Å². The van der Waals surface area contributed by atoms with E-state index < -0.39 is 0 Å². The van der Waals surface area contributed by atoms with Gasteiger partial charge in [0.15, 0.2) is 0 Å². The lowest BCUT2D eigenvalue weighted by atomic mass is 10.1. The van der Waals surface area contributed by atoms with E-state index in [4.69, 9.17) is 4.74 Å². The number of benzene rings is 2. The Labute approximate surface area is 125 Å². The molecule has 0 unspecified atom stereocenters. The van der Waals surface area contributed by atoms with E-state index in [0.717, 1.165) is 5.75 Å². The summed E-state index contributed by atoms with van der Waals surface area (Å²) in [6.45, 7) is 2.11. The van der Waals surface area contributed by atoms with E-state index in [1.165, 1.54) is 30.6 Å². The summed E-state index contributed by atoms with van der Waals surface area (Å²) < 4.78 is 7.69. The molecule has 0 atom stereocenters. The molecule has 0 saturated heterocycles. The van der Waals surface area contributed by atoms with Gasteiger partial charge in [0.1, 0.15) is 5.75 Å². The van der Waals surface area contributed by atoms with E-state index >= 15 is 0 Å². The number of ether oxygens (including phenoxy) is 1. The van der Waals surface area contributed by atoms with Crippen LogP contribution in [-0.4, -0.2) is 7.11 Å². The van der Waals surface area contributed by atoms with Crippen LogP contribution in [0.1, 0.15) is 5.56 Å². The Kier molecular flexibility index (Phi) is 3.33. The van der Waals surface area contributed by atoms with Gasteiger partial charge in [0, 0.05) is 19.4 Å². The Morgan fingerprint density at radius 2 is 1.79 bits per heavy atom. The lowest BCUT2D eigenvalue weighted by Gasteiger charge is -1.99. The number of fused-ring (bicyclic) bond motifs is 1. The minimum Gasteiger partial charge on any atom is -0.497 e. The second kappa shape index (κ2) is 4.99. The molecule has 0 aliphatic rings. The molecule has 1 nitrogen and oxygen atoms in total. The van der Waals surface area contributed by atoms with Crippen molar-refractivity contribution >= 4 is 37.4 Å². The first kappa shape index (κ1) is 12.7. The van der Waals surface area contributed by atoms with Gasteiger partial charge in [0.05, 0.1) is 7.11 Å². The van der Waals surface area contributed by atoms with E-state index in [2.05, 4.69) is 59.3 Å². The van der Waals surface area contributed by atoms with Crippen LogP contribution < -0.4 is 4.74 Å². The molecular weight excluding hydrogens is 320 g/mol. The van der Waals surface area contributed by atoms with Crippen LogP contribution in [0, 0.1) is 6.92 Å². The number of methoxy groups -OCH3 is 1. The summed E-state index contributed by atoms with van der Waals surface area (Å²) >= 11 is 5.51. The Morgan fingerprint density at radius 3 is 2.47 bits per heavy atom. The highest BCUT2D eigenvalue weighted by Crippen LogP contribution is 2.43. The van der Waals surface area contributed by atoms with Crippen LogP contribution in [0.4, 0.5) is 0 Å². The summed E-state index contributed by atoms with van der Waals surface area (Å²) in [5.41, 5.74) is 2.53. The molecule has 0 aliphatic heterocycles. The molecule has 3 heteroatoms. The summed E-state index contributed by atoms with van der Waals surface area (Å²) in [7, 11) is 1.70. The van der Waals surface area contributed by atoms with E-state index in [0.29, 0.717) is 0 Å². The van der Waals surface area contributed by atoms with Crippen molar-refractivity contribution in [1.29, 1.82) is 0 Å². The van der Waals surface area contributed by atoms with Crippen molar-refractivity contribution in [2.24, 2.45) is 0 Å². The maximum atomic E-state index is 5.28. The molecule has 0 fully saturated rings. The highest BCUT2D eigenvalue weighted by Gasteiger charge is 2.12.